The molecule has 0 aliphatic heterocycles. The van der Waals surface area contributed by atoms with E-state index in [4.69, 9.17) is 9.47 Å². The number of benzene rings is 1. The second-order valence-electron chi connectivity index (χ2n) is 4.19. The summed E-state index contributed by atoms with van der Waals surface area (Å²) in [6.07, 6.45) is 0. The van der Waals surface area contributed by atoms with Gasteiger partial charge in [0.05, 0.1) is 19.5 Å². The first-order valence-corrected chi connectivity index (χ1v) is 8.02. The Balaban J connectivity index is 2.42. The van der Waals surface area contributed by atoms with Gasteiger partial charge in [0.2, 0.25) is 10.0 Å². The van der Waals surface area contributed by atoms with Crippen LogP contribution in [0, 0.1) is 0 Å². The molecule has 0 saturated carbocycles. The number of methoxy groups -OCH3 is 2. The van der Waals surface area contributed by atoms with Crippen LogP contribution in [0.15, 0.2) is 24.3 Å². The van der Waals surface area contributed by atoms with Crippen molar-refractivity contribution < 1.29 is 22.7 Å². The first-order valence-electron chi connectivity index (χ1n) is 6.37. The third-order valence-electron chi connectivity index (χ3n) is 2.62. The zero-order valence-electron chi connectivity index (χ0n) is 12.1. The molecule has 0 aliphatic carbocycles. The van der Waals surface area contributed by atoms with E-state index in [1.54, 1.807) is 24.3 Å². The monoisotopic (exact) mass is 316 g/mol. The maximum atomic E-state index is 11.9. The van der Waals surface area contributed by atoms with Crippen molar-refractivity contribution >= 4 is 15.9 Å². The largest absolute Gasteiger partial charge is 0.497 e. The lowest BCUT2D eigenvalue weighted by Gasteiger charge is -2.08. The molecular weight excluding hydrogens is 296 g/mol. The Morgan fingerprint density at radius 3 is 2.67 bits per heavy atom. The molecule has 1 amide bonds. The highest BCUT2D eigenvalue weighted by Gasteiger charge is 2.11. The van der Waals surface area contributed by atoms with Crippen LogP contribution in [-0.4, -0.2) is 54.0 Å². The second kappa shape index (κ2) is 8.60. The van der Waals surface area contributed by atoms with Crippen LogP contribution in [0.2, 0.25) is 0 Å². The normalized spacial score (nSPS) is 11.1. The summed E-state index contributed by atoms with van der Waals surface area (Å²) < 4.78 is 35.3. The average molecular weight is 316 g/mol. The minimum Gasteiger partial charge on any atom is -0.497 e. The van der Waals surface area contributed by atoms with E-state index in [1.165, 1.54) is 14.2 Å². The predicted molar refractivity (Wildman–Crippen MR) is 79.0 cm³/mol. The third kappa shape index (κ3) is 6.56. The molecular formula is C13H20N2O5S. The molecule has 0 heterocycles. The molecule has 2 N–H and O–H groups in total. The number of carbonyl (C=O) groups excluding carboxylic acids is 1. The van der Waals surface area contributed by atoms with Crippen LogP contribution in [0.5, 0.6) is 5.75 Å². The Labute approximate surface area is 124 Å². The van der Waals surface area contributed by atoms with Gasteiger partial charge in [0.15, 0.2) is 0 Å². The summed E-state index contributed by atoms with van der Waals surface area (Å²) in [6, 6.07) is 6.63. The maximum absolute atomic E-state index is 11.9. The lowest BCUT2D eigenvalue weighted by Crippen LogP contribution is -2.35. The summed E-state index contributed by atoms with van der Waals surface area (Å²) in [5, 5.41) is 2.55. The van der Waals surface area contributed by atoms with E-state index in [-0.39, 0.29) is 24.7 Å². The van der Waals surface area contributed by atoms with E-state index < -0.39 is 10.0 Å². The Kier molecular flexibility index (Phi) is 7.13. The number of sulfonamides is 1. The van der Waals surface area contributed by atoms with Crippen molar-refractivity contribution in [2.24, 2.45) is 0 Å². The van der Waals surface area contributed by atoms with E-state index in [9.17, 15) is 13.2 Å². The molecule has 21 heavy (non-hydrogen) atoms. The molecule has 118 valence electrons. The van der Waals surface area contributed by atoms with Gasteiger partial charge in [0.1, 0.15) is 5.75 Å². The molecule has 0 saturated heterocycles. The molecule has 0 aromatic heterocycles. The summed E-state index contributed by atoms with van der Waals surface area (Å²) in [6.45, 7) is 0.538. The van der Waals surface area contributed by atoms with Gasteiger partial charge in [0.25, 0.3) is 5.91 Å². The zero-order chi connectivity index (χ0) is 15.7. The molecule has 0 radical (unpaired) electrons. The number of ether oxygens (including phenoxy) is 2. The average Bonchev–Trinajstić information content (AvgIpc) is 2.47. The highest BCUT2D eigenvalue weighted by atomic mass is 32.2. The van der Waals surface area contributed by atoms with Gasteiger partial charge in [-0.1, -0.05) is 6.07 Å². The van der Waals surface area contributed by atoms with Crippen LogP contribution < -0.4 is 14.8 Å². The molecule has 0 fully saturated rings. The highest BCUT2D eigenvalue weighted by Crippen LogP contribution is 2.12. The number of hydrogen-bond donors (Lipinski definition) is 2. The fraction of sp³-hybridized carbons (Fsp3) is 0.462. The SMILES string of the molecule is COCCNS(=O)(=O)CCNC(=O)c1cccc(OC)c1. The summed E-state index contributed by atoms with van der Waals surface area (Å²) in [7, 11) is -0.416. The molecule has 0 unspecified atom stereocenters. The van der Waals surface area contributed by atoms with Gasteiger partial charge in [-0.2, -0.15) is 0 Å². The van der Waals surface area contributed by atoms with Gasteiger partial charge in [0, 0.05) is 25.8 Å². The first-order chi connectivity index (χ1) is 9.98. The van der Waals surface area contributed by atoms with E-state index >= 15 is 0 Å². The Morgan fingerprint density at radius 1 is 1.24 bits per heavy atom. The van der Waals surface area contributed by atoms with Crippen LogP contribution in [0.25, 0.3) is 0 Å². The molecule has 1 aromatic rings. The molecule has 0 bridgehead atoms. The fourth-order valence-corrected chi connectivity index (χ4v) is 2.45. The van der Waals surface area contributed by atoms with Gasteiger partial charge in [-0.3, -0.25) is 4.79 Å². The van der Waals surface area contributed by atoms with Crippen molar-refractivity contribution in [3.63, 3.8) is 0 Å². The number of carbonyl (C=O) groups is 1. The van der Waals surface area contributed by atoms with Crippen molar-refractivity contribution in [2.45, 2.75) is 0 Å². The third-order valence-corrected chi connectivity index (χ3v) is 4.00. The zero-order valence-corrected chi connectivity index (χ0v) is 12.9. The molecule has 7 nitrogen and oxygen atoms in total. The van der Waals surface area contributed by atoms with Crippen LogP contribution in [0.4, 0.5) is 0 Å². The number of hydrogen-bond acceptors (Lipinski definition) is 5. The van der Waals surface area contributed by atoms with Crippen molar-refractivity contribution in [1.29, 1.82) is 0 Å². The smallest absolute Gasteiger partial charge is 0.251 e. The van der Waals surface area contributed by atoms with Crippen molar-refractivity contribution in [2.75, 3.05) is 39.7 Å². The molecule has 8 heteroatoms. The van der Waals surface area contributed by atoms with Gasteiger partial charge >= 0.3 is 0 Å². The predicted octanol–water partition coefficient (Wildman–Crippen LogP) is -0.00920. The molecule has 1 rings (SSSR count). The lowest BCUT2D eigenvalue weighted by atomic mass is 10.2. The Morgan fingerprint density at radius 2 is 2.00 bits per heavy atom. The van der Waals surface area contributed by atoms with Crippen LogP contribution >= 0.6 is 0 Å². The topological polar surface area (TPSA) is 93.7 Å². The standard InChI is InChI=1S/C13H20N2O5S/c1-19-8-6-15-21(17,18)9-7-14-13(16)11-4-3-5-12(10-11)20-2/h3-5,10,15H,6-9H2,1-2H3,(H,14,16). The van der Waals surface area contributed by atoms with Crippen molar-refractivity contribution in [3.05, 3.63) is 29.8 Å². The van der Waals surface area contributed by atoms with E-state index in [0.717, 1.165) is 0 Å². The fourth-order valence-electron chi connectivity index (χ4n) is 1.54. The number of rotatable bonds is 9. The van der Waals surface area contributed by atoms with E-state index in [2.05, 4.69) is 10.0 Å². The van der Waals surface area contributed by atoms with Gasteiger partial charge in [-0.25, -0.2) is 13.1 Å². The van der Waals surface area contributed by atoms with Crippen LogP contribution in [-0.2, 0) is 14.8 Å². The summed E-state index contributed by atoms with van der Waals surface area (Å²) in [5.74, 6) is 0.0318. The van der Waals surface area contributed by atoms with Crippen LogP contribution in [0.1, 0.15) is 10.4 Å². The van der Waals surface area contributed by atoms with Crippen molar-refractivity contribution in [3.8, 4) is 5.75 Å². The molecule has 0 aliphatic rings. The minimum absolute atomic E-state index is 0.0261. The van der Waals surface area contributed by atoms with Gasteiger partial charge in [-0.15, -0.1) is 0 Å². The summed E-state index contributed by atoms with van der Waals surface area (Å²) >= 11 is 0. The maximum Gasteiger partial charge on any atom is 0.251 e. The van der Waals surface area contributed by atoms with Crippen molar-refractivity contribution in [1.82, 2.24) is 10.0 Å². The van der Waals surface area contributed by atoms with Gasteiger partial charge < -0.3 is 14.8 Å². The minimum atomic E-state index is -3.41. The van der Waals surface area contributed by atoms with Gasteiger partial charge in [-0.05, 0) is 18.2 Å². The van der Waals surface area contributed by atoms with E-state index in [0.29, 0.717) is 17.9 Å². The Hall–Kier alpha value is -1.64. The van der Waals surface area contributed by atoms with Crippen LogP contribution in [0.3, 0.4) is 0 Å². The highest BCUT2D eigenvalue weighted by molar-refractivity contribution is 7.89. The first kappa shape index (κ1) is 17.4. The number of amides is 1. The molecule has 0 spiro atoms. The lowest BCUT2D eigenvalue weighted by molar-refractivity contribution is 0.0955. The second-order valence-corrected chi connectivity index (χ2v) is 6.12. The molecule has 0 atom stereocenters. The molecule has 1 aromatic carbocycles. The quantitative estimate of drug-likeness (QED) is 0.625. The summed E-state index contributed by atoms with van der Waals surface area (Å²) in [5.41, 5.74) is 0.416. The number of nitrogens with one attached hydrogen (secondary N) is 2. The van der Waals surface area contributed by atoms with E-state index in [1.807, 2.05) is 0 Å². The Bertz CT molecular complexity index is 559. The summed E-state index contributed by atoms with van der Waals surface area (Å²) in [4.78, 5) is 11.9.